The van der Waals surface area contributed by atoms with Gasteiger partial charge in [-0.3, -0.25) is 4.98 Å². The van der Waals surface area contributed by atoms with E-state index in [-0.39, 0.29) is 0 Å². The highest BCUT2D eigenvalue weighted by Gasteiger charge is 2.05. The molecule has 6 heteroatoms. The maximum Gasteiger partial charge on any atom is 0.148 e. The Balaban J connectivity index is 2.01. The third-order valence-electron chi connectivity index (χ3n) is 2.56. The maximum absolute atomic E-state index is 4.34. The number of nitrogens with zero attached hydrogens (tertiary/aromatic N) is 5. The summed E-state index contributed by atoms with van der Waals surface area (Å²) >= 11 is 0. The van der Waals surface area contributed by atoms with Crippen LogP contribution < -0.4 is 5.32 Å². The zero-order valence-corrected chi connectivity index (χ0v) is 10.8. The second-order valence-corrected chi connectivity index (χ2v) is 3.98. The highest BCUT2D eigenvalue weighted by atomic mass is 15.5. The van der Waals surface area contributed by atoms with E-state index >= 15 is 0 Å². The molecule has 0 unspecified atom stereocenters. The van der Waals surface area contributed by atoms with E-state index in [0.29, 0.717) is 6.54 Å². The molecule has 0 saturated heterocycles. The quantitative estimate of drug-likeness (QED) is 0.839. The lowest BCUT2D eigenvalue weighted by Gasteiger charge is -2.07. The van der Waals surface area contributed by atoms with Crippen molar-refractivity contribution in [2.24, 2.45) is 0 Å². The van der Waals surface area contributed by atoms with Gasteiger partial charge in [-0.1, -0.05) is 13.3 Å². The molecule has 0 aliphatic heterocycles. The van der Waals surface area contributed by atoms with Crippen molar-refractivity contribution >= 4 is 5.82 Å². The fourth-order valence-corrected chi connectivity index (χ4v) is 1.68. The fraction of sp³-hybridized carbons (Fsp3) is 0.500. The molecule has 2 aromatic heterocycles. The van der Waals surface area contributed by atoms with Crippen LogP contribution in [0.2, 0.25) is 0 Å². The number of aryl methyl sites for hydroxylation is 2. The van der Waals surface area contributed by atoms with Gasteiger partial charge in [0.25, 0.3) is 0 Å². The molecule has 0 bridgehead atoms. The van der Waals surface area contributed by atoms with Gasteiger partial charge in [0.15, 0.2) is 0 Å². The Morgan fingerprint density at radius 3 is 2.78 bits per heavy atom. The van der Waals surface area contributed by atoms with E-state index in [1.54, 1.807) is 23.4 Å². The summed E-state index contributed by atoms with van der Waals surface area (Å²) in [5, 5.41) is 11.7. The normalized spacial score (nSPS) is 10.6. The molecule has 2 aromatic rings. The van der Waals surface area contributed by atoms with E-state index in [0.717, 1.165) is 36.6 Å². The Morgan fingerprint density at radius 1 is 1.22 bits per heavy atom. The topological polar surface area (TPSA) is 68.5 Å². The molecule has 0 radical (unpaired) electrons. The van der Waals surface area contributed by atoms with Gasteiger partial charge in [-0.2, -0.15) is 15.0 Å². The van der Waals surface area contributed by atoms with Crippen molar-refractivity contribution in [3.63, 3.8) is 0 Å². The minimum absolute atomic E-state index is 0.620. The molecule has 0 amide bonds. The molecule has 0 fully saturated rings. The summed E-state index contributed by atoms with van der Waals surface area (Å²) in [6, 6.07) is 0. The Kier molecular flexibility index (Phi) is 4.22. The Bertz CT molecular complexity index is 493. The minimum Gasteiger partial charge on any atom is -0.363 e. The number of hydrogen-bond donors (Lipinski definition) is 1. The average Bonchev–Trinajstić information content (AvgIpc) is 2.86. The number of anilines is 1. The molecule has 2 rings (SSSR count). The lowest BCUT2D eigenvalue weighted by molar-refractivity contribution is 0.564. The highest BCUT2D eigenvalue weighted by molar-refractivity contribution is 5.39. The van der Waals surface area contributed by atoms with Crippen LogP contribution in [0.3, 0.4) is 0 Å². The second kappa shape index (κ2) is 6.09. The van der Waals surface area contributed by atoms with E-state index in [2.05, 4.69) is 32.4 Å². The predicted molar refractivity (Wildman–Crippen MR) is 69.0 cm³/mol. The molecule has 0 saturated carbocycles. The lowest BCUT2D eigenvalue weighted by atomic mass is 10.2. The van der Waals surface area contributed by atoms with Gasteiger partial charge in [0.1, 0.15) is 11.5 Å². The third-order valence-corrected chi connectivity index (χ3v) is 2.56. The first-order valence-corrected chi connectivity index (χ1v) is 6.26. The van der Waals surface area contributed by atoms with Crippen molar-refractivity contribution in [3.8, 4) is 0 Å². The first-order valence-electron chi connectivity index (χ1n) is 6.26. The summed E-state index contributed by atoms with van der Waals surface area (Å²) in [5.41, 5.74) is 1.91. The third kappa shape index (κ3) is 3.03. The summed E-state index contributed by atoms with van der Waals surface area (Å²) in [4.78, 5) is 10.3. The average molecular weight is 246 g/mol. The molecule has 2 heterocycles. The SMILES string of the molecule is CCCc1nccnc1NCc1cnn(CC)n1. The molecular weight excluding hydrogens is 228 g/mol. The van der Waals surface area contributed by atoms with Crippen LogP contribution >= 0.6 is 0 Å². The van der Waals surface area contributed by atoms with Gasteiger partial charge in [0.2, 0.25) is 0 Å². The van der Waals surface area contributed by atoms with Crippen molar-refractivity contribution in [2.75, 3.05) is 5.32 Å². The van der Waals surface area contributed by atoms with Gasteiger partial charge in [-0.15, -0.1) is 0 Å². The molecule has 0 aliphatic carbocycles. The van der Waals surface area contributed by atoms with E-state index in [1.807, 2.05) is 6.92 Å². The van der Waals surface area contributed by atoms with Crippen molar-refractivity contribution in [1.29, 1.82) is 0 Å². The molecule has 0 aromatic carbocycles. The standard InChI is InChI=1S/C12H18N6/c1-3-5-11-12(14-7-6-13-11)15-8-10-9-16-18(4-2)17-10/h6-7,9H,3-5,8H2,1-2H3,(H,14,15). The fourth-order valence-electron chi connectivity index (χ4n) is 1.68. The summed E-state index contributed by atoms with van der Waals surface area (Å²) in [7, 11) is 0. The number of aromatic nitrogens is 5. The summed E-state index contributed by atoms with van der Waals surface area (Å²) < 4.78 is 0. The van der Waals surface area contributed by atoms with Crippen LogP contribution in [0.25, 0.3) is 0 Å². The monoisotopic (exact) mass is 246 g/mol. The van der Waals surface area contributed by atoms with E-state index in [9.17, 15) is 0 Å². The second-order valence-electron chi connectivity index (χ2n) is 3.98. The number of nitrogens with one attached hydrogen (secondary N) is 1. The van der Waals surface area contributed by atoms with E-state index in [4.69, 9.17) is 0 Å². The van der Waals surface area contributed by atoms with Crippen molar-refractivity contribution in [1.82, 2.24) is 25.0 Å². The molecule has 1 N–H and O–H groups in total. The highest BCUT2D eigenvalue weighted by Crippen LogP contribution is 2.11. The lowest BCUT2D eigenvalue weighted by Crippen LogP contribution is -2.07. The van der Waals surface area contributed by atoms with Gasteiger partial charge in [-0.25, -0.2) is 4.98 Å². The van der Waals surface area contributed by atoms with Gasteiger partial charge in [0.05, 0.1) is 25.0 Å². The Labute approximate surface area is 106 Å². The number of hydrogen-bond acceptors (Lipinski definition) is 5. The van der Waals surface area contributed by atoms with Crippen LogP contribution in [0.5, 0.6) is 0 Å². The minimum atomic E-state index is 0.620. The maximum atomic E-state index is 4.34. The van der Waals surface area contributed by atoms with E-state index < -0.39 is 0 Å². The Morgan fingerprint density at radius 2 is 2.06 bits per heavy atom. The Hall–Kier alpha value is -1.98. The van der Waals surface area contributed by atoms with Crippen LogP contribution in [0.15, 0.2) is 18.6 Å². The molecule has 96 valence electrons. The summed E-state index contributed by atoms with van der Waals surface area (Å²) in [6.45, 7) is 5.55. The van der Waals surface area contributed by atoms with Gasteiger partial charge < -0.3 is 5.32 Å². The molecule has 0 atom stereocenters. The zero-order valence-electron chi connectivity index (χ0n) is 10.8. The van der Waals surface area contributed by atoms with Crippen LogP contribution in [0, 0.1) is 0 Å². The molecular formula is C12H18N6. The predicted octanol–water partition coefficient (Wildman–Crippen LogP) is 1.65. The smallest absolute Gasteiger partial charge is 0.148 e. The van der Waals surface area contributed by atoms with Crippen molar-refractivity contribution in [3.05, 3.63) is 30.0 Å². The zero-order chi connectivity index (χ0) is 12.8. The van der Waals surface area contributed by atoms with Crippen molar-refractivity contribution in [2.45, 2.75) is 39.8 Å². The van der Waals surface area contributed by atoms with Crippen LogP contribution in [-0.2, 0) is 19.5 Å². The van der Waals surface area contributed by atoms with Gasteiger partial charge in [0, 0.05) is 12.4 Å². The van der Waals surface area contributed by atoms with Crippen LogP contribution in [0.1, 0.15) is 31.7 Å². The summed E-state index contributed by atoms with van der Waals surface area (Å²) in [5.74, 6) is 0.838. The number of rotatable bonds is 6. The molecule has 0 aliphatic rings. The molecule has 18 heavy (non-hydrogen) atoms. The van der Waals surface area contributed by atoms with Crippen LogP contribution in [0.4, 0.5) is 5.82 Å². The largest absolute Gasteiger partial charge is 0.363 e. The molecule has 6 nitrogen and oxygen atoms in total. The molecule has 0 spiro atoms. The first-order chi connectivity index (χ1) is 8.83. The van der Waals surface area contributed by atoms with Crippen molar-refractivity contribution < 1.29 is 0 Å². The van der Waals surface area contributed by atoms with Crippen LogP contribution in [-0.4, -0.2) is 25.0 Å². The summed E-state index contributed by atoms with van der Waals surface area (Å²) in [6.07, 6.45) is 7.18. The van der Waals surface area contributed by atoms with E-state index in [1.165, 1.54) is 0 Å². The van der Waals surface area contributed by atoms with Gasteiger partial charge >= 0.3 is 0 Å². The first kappa shape index (κ1) is 12.5. The van der Waals surface area contributed by atoms with Gasteiger partial charge in [-0.05, 0) is 13.3 Å².